The number of anilines is 2. The monoisotopic (exact) mass is 684 g/mol. The molecule has 1 N–H and O–H groups in total. The molecule has 2 heterocycles. The summed E-state index contributed by atoms with van der Waals surface area (Å²) in [6.45, 7) is 0.108. The first kappa shape index (κ1) is 29.9. The van der Waals surface area contributed by atoms with Crippen LogP contribution in [-0.2, 0) is 14.4 Å². The lowest BCUT2D eigenvalue weighted by Gasteiger charge is -2.44. The van der Waals surface area contributed by atoms with Gasteiger partial charge in [0.05, 0.1) is 23.5 Å². The fourth-order valence-corrected chi connectivity index (χ4v) is 4.82. The molecule has 0 aromatic heterocycles. The van der Waals surface area contributed by atoms with Crippen LogP contribution in [0, 0.1) is 21.0 Å². The van der Waals surface area contributed by atoms with Gasteiger partial charge in [-0.1, -0.05) is 6.42 Å². The highest BCUT2D eigenvalue weighted by Gasteiger charge is 2.47. The molecule has 15 heteroatoms. The standard InChI is InChI=1S/C25H23F6IN4O4/c26-17-6-5-16(22(21(17)28)33-19-7-4-14(32)10-18(19)27)23(38)35-11-15(12-35)36(40-24(39)25(29,30)31)20(37)13-34-8-2-1-3-9-34/h4-7,10,15,33H,1-3,8-9,11-13H2. The molecule has 0 radical (unpaired) electrons. The Labute approximate surface area is 238 Å². The summed E-state index contributed by atoms with van der Waals surface area (Å²) in [5.74, 6) is -7.88. The summed E-state index contributed by atoms with van der Waals surface area (Å²) >= 11 is 1.85. The van der Waals surface area contributed by atoms with Crippen molar-refractivity contribution in [3.05, 3.63) is 56.9 Å². The molecule has 8 nitrogen and oxygen atoms in total. The number of hydrogen-bond acceptors (Lipinski definition) is 6. The molecule has 2 aromatic rings. The number of rotatable bonds is 6. The topological polar surface area (TPSA) is 82.2 Å². The molecule has 0 atom stereocenters. The summed E-state index contributed by atoms with van der Waals surface area (Å²) in [6.07, 6.45) is -2.80. The molecule has 40 heavy (non-hydrogen) atoms. The van der Waals surface area contributed by atoms with Crippen LogP contribution in [0.1, 0.15) is 29.6 Å². The van der Waals surface area contributed by atoms with Crippen LogP contribution in [0.2, 0.25) is 0 Å². The third kappa shape index (κ3) is 6.79. The van der Waals surface area contributed by atoms with Gasteiger partial charge < -0.3 is 15.1 Å². The van der Waals surface area contributed by atoms with E-state index in [1.165, 1.54) is 12.1 Å². The van der Waals surface area contributed by atoms with E-state index in [4.69, 9.17) is 0 Å². The molecule has 2 amide bonds. The zero-order valence-corrected chi connectivity index (χ0v) is 22.9. The molecule has 4 rings (SSSR count). The van der Waals surface area contributed by atoms with Crippen molar-refractivity contribution in [2.45, 2.75) is 31.5 Å². The number of amides is 2. The van der Waals surface area contributed by atoms with Crippen molar-refractivity contribution < 1.29 is 45.6 Å². The highest BCUT2D eigenvalue weighted by molar-refractivity contribution is 14.1. The number of likely N-dealkylation sites (tertiary alicyclic amines) is 2. The summed E-state index contributed by atoms with van der Waals surface area (Å²) in [4.78, 5) is 44.8. The van der Waals surface area contributed by atoms with Crippen molar-refractivity contribution >= 4 is 51.7 Å². The van der Waals surface area contributed by atoms with Crippen LogP contribution in [0.15, 0.2) is 30.3 Å². The maximum atomic E-state index is 14.7. The summed E-state index contributed by atoms with van der Waals surface area (Å²) < 4.78 is 82.4. The van der Waals surface area contributed by atoms with Gasteiger partial charge in [-0.2, -0.15) is 18.2 Å². The molecule has 2 saturated heterocycles. The maximum Gasteiger partial charge on any atom is 0.493 e. The second kappa shape index (κ2) is 12.2. The minimum absolute atomic E-state index is 0.228. The van der Waals surface area contributed by atoms with Crippen LogP contribution in [0.4, 0.5) is 37.7 Å². The highest BCUT2D eigenvalue weighted by atomic mass is 127. The van der Waals surface area contributed by atoms with E-state index < -0.39 is 53.1 Å². The number of nitrogens with zero attached hydrogens (tertiary/aromatic N) is 3. The van der Waals surface area contributed by atoms with Crippen molar-refractivity contribution in [3.63, 3.8) is 0 Å². The van der Waals surface area contributed by atoms with Crippen LogP contribution < -0.4 is 5.32 Å². The zero-order chi connectivity index (χ0) is 29.2. The molecule has 216 valence electrons. The van der Waals surface area contributed by atoms with E-state index in [2.05, 4.69) is 10.2 Å². The number of carbonyl (C=O) groups excluding carboxylic acids is 3. The molecule has 0 saturated carbocycles. The molecule has 0 spiro atoms. The van der Waals surface area contributed by atoms with E-state index in [1.807, 2.05) is 22.6 Å². The average Bonchev–Trinajstić information content (AvgIpc) is 2.86. The van der Waals surface area contributed by atoms with Gasteiger partial charge in [0, 0.05) is 16.7 Å². The van der Waals surface area contributed by atoms with Gasteiger partial charge in [-0.05, 0) is 78.9 Å². The number of hydrogen-bond donors (Lipinski definition) is 1. The van der Waals surface area contributed by atoms with E-state index in [-0.39, 0.29) is 30.9 Å². The van der Waals surface area contributed by atoms with E-state index in [0.29, 0.717) is 27.8 Å². The van der Waals surface area contributed by atoms with Gasteiger partial charge in [-0.25, -0.2) is 18.0 Å². The SMILES string of the molecule is O=C(c1ccc(F)c(F)c1Nc1ccc(I)cc1F)N1CC(N(OC(=O)C(F)(F)F)C(=O)CN2CCCCC2)C1. The fourth-order valence-electron chi connectivity index (χ4n) is 4.37. The molecule has 2 aliphatic rings. The molecular formula is C25H23F6IN4O4. The summed E-state index contributed by atoms with van der Waals surface area (Å²) in [5.41, 5.74) is -1.25. The predicted molar refractivity (Wildman–Crippen MR) is 138 cm³/mol. The summed E-state index contributed by atoms with van der Waals surface area (Å²) in [7, 11) is 0. The molecule has 0 bridgehead atoms. The van der Waals surface area contributed by atoms with E-state index in [0.717, 1.165) is 36.3 Å². The largest absolute Gasteiger partial charge is 0.493 e. The quantitative estimate of drug-likeness (QED) is 0.272. The zero-order valence-electron chi connectivity index (χ0n) is 20.7. The Kier molecular flexibility index (Phi) is 9.12. The van der Waals surface area contributed by atoms with Crippen LogP contribution >= 0.6 is 22.6 Å². The Morgan fingerprint density at radius 3 is 2.30 bits per heavy atom. The lowest BCUT2D eigenvalue weighted by Crippen LogP contribution is -2.64. The second-order valence-electron chi connectivity index (χ2n) is 9.33. The first-order valence-corrected chi connectivity index (χ1v) is 13.3. The number of piperidine rings is 1. The summed E-state index contributed by atoms with van der Waals surface area (Å²) in [6, 6.07) is 4.49. The second-order valence-corrected chi connectivity index (χ2v) is 10.6. The third-order valence-corrected chi connectivity index (χ3v) is 7.13. The predicted octanol–water partition coefficient (Wildman–Crippen LogP) is 4.61. The minimum atomic E-state index is -5.36. The van der Waals surface area contributed by atoms with Crippen molar-refractivity contribution in [1.29, 1.82) is 0 Å². The van der Waals surface area contributed by atoms with Crippen molar-refractivity contribution in [2.24, 2.45) is 0 Å². The number of halogens is 7. The molecule has 2 fully saturated rings. The van der Waals surface area contributed by atoms with Gasteiger partial charge in [0.2, 0.25) is 0 Å². The van der Waals surface area contributed by atoms with E-state index >= 15 is 0 Å². The fraction of sp³-hybridized carbons (Fsp3) is 0.400. The lowest BCUT2D eigenvalue weighted by molar-refractivity contribution is -0.249. The van der Waals surface area contributed by atoms with Gasteiger partial charge >= 0.3 is 12.1 Å². The molecular weight excluding hydrogens is 661 g/mol. The van der Waals surface area contributed by atoms with Crippen LogP contribution in [0.25, 0.3) is 0 Å². The molecule has 0 aliphatic carbocycles. The third-order valence-electron chi connectivity index (χ3n) is 6.46. The smallest absolute Gasteiger partial charge is 0.350 e. The number of hydroxylamine groups is 2. The first-order chi connectivity index (χ1) is 18.8. The van der Waals surface area contributed by atoms with Gasteiger partial charge in [0.1, 0.15) is 11.9 Å². The average molecular weight is 684 g/mol. The van der Waals surface area contributed by atoms with Crippen molar-refractivity contribution in [2.75, 3.05) is 38.0 Å². The van der Waals surface area contributed by atoms with Gasteiger partial charge in [-0.3, -0.25) is 14.5 Å². The maximum absolute atomic E-state index is 14.7. The Morgan fingerprint density at radius 1 is 1.00 bits per heavy atom. The van der Waals surface area contributed by atoms with Crippen LogP contribution in [0.3, 0.4) is 0 Å². The Morgan fingerprint density at radius 2 is 1.68 bits per heavy atom. The Balaban J connectivity index is 1.51. The number of benzene rings is 2. The lowest BCUT2D eigenvalue weighted by atomic mass is 10.0. The molecule has 0 unspecified atom stereocenters. The van der Waals surface area contributed by atoms with Crippen molar-refractivity contribution in [1.82, 2.24) is 14.9 Å². The van der Waals surface area contributed by atoms with Gasteiger partial charge in [0.25, 0.3) is 11.8 Å². The number of alkyl halides is 3. The van der Waals surface area contributed by atoms with Crippen LogP contribution in [-0.4, -0.2) is 77.6 Å². The Bertz CT molecular complexity index is 1300. The van der Waals surface area contributed by atoms with E-state index in [1.54, 1.807) is 4.90 Å². The number of carbonyl (C=O) groups is 3. The highest BCUT2D eigenvalue weighted by Crippen LogP contribution is 2.31. The summed E-state index contributed by atoms with van der Waals surface area (Å²) in [5, 5.41) is 2.73. The van der Waals surface area contributed by atoms with Crippen LogP contribution in [0.5, 0.6) is 0 Å². The number of nitrogens with one attached hydrogen (secondary N) is 1. The molecule has 2 aromatic carbocycles. The minimum Gasteiger partial charge on any atom is -0.350 e. The molecule has 2 aliphatic heterocycles. The van der Waals surface area contributed by atoms with Gasteiger partial charge in [-0.15, -0.1) is 0 Å². The van der Waals surface area contributed by atoms with Gasteiger partial charge in [0.15, 0.2) is 11.6 Å². The van der Waals surface area contributed by atoms with E-state index in [9.17, 15) is 40.7 Å². The Hall–Kier alpha value is -3.08. The van der Waals surface area contributed by atoms with Crippen molar-refractivity contribution in [3.8, 4) is 0 Å². The normalized spacial score (nSPS) is 16.3. The first-order valence-electron chi connectivity index (χ1n) is 12.2.